The van der Waals surface area contributed by atoms with Crippen molar-refractivity contribution in [2.45, 2.75) is 6.42 Å². The van der Waals surface area contributed by atoms with E-state index < -0.39 is 4.92 Å². The van der Waals surface area contributed by atoms with Gasteiger partial charge in [-0.15, -0.1) is 11.6 Å². The summed E-state index contributed by atoms with van der Waals surface area (Å²) < 4.78 is 0. The highest BCUT2D eigenvalue weighted by molar-refractivity contribution is 6.17. The van der Waals surface area contributed by atoms with Crippen molar-refractivity contribution in [1.29, 1.82) is 0 Å². The van der Waals surface area contributed by atoms with Gasteiger partial charge in [-0.05, 0) is 12.5 Å². The molecule has 0 spiro atoms. The molecule has 5 heteroatoms. The number of nitrogens with zero attached hydrogens (tertiary/aromatic N) is 2. The van der Waals surface area contributed by atoms with Crippen LogP contribution in [-0.4, -0.2) is 15.8 Å². The average Bonchev–Trinajstić information content (AvgIpc) is 2.19. The van der Waals surface area contributed by atoms with Crippen molar-refractivity contribution in [1.82, 2.24) is 4.98 Å². The Balaban J connectivity index is 2.78. The maximum atomic E-state index is 10.4. The molecule has 0 aliphatic heterocycles. The van der Waals surface area contributed by atoms with Gasteiger partial charge in [0.05, 0.1) is 10.6 Å². The van der Waals surface area contributed by atoms with Crippen LogP contribution in [0.2, 0.25) is 0 Å². The van der Waals surface area contributed by atoms with Crippen LogP contribution in [0, 0.1) is 10.1 Å². The minimum absolute atomic E-state index is 0.0468. The van der Waals surface area contributed by atoms with Gasteiger partial charge in [0, 0.05) is 24.2 Å². The summed E-state index contributed by atoms with van der Waals surface area (Å²) in [6, 6.07) is 2.78. The molecule has 0 N–H and O–H groups in total. The van der Waals surface area contributed by atoms with Crippen molar-refractivity contribution < 1.29 is 4.92 Å². The Bertz CT molecular complexity index is 352. The van der Waals surface area contributed by atoms with Gasteiger partial charge in [-0.3, -0.25) is 15.1 Å². The lowest BCUT2D eigenvalue weighted by Crippen LogP contribution is -1.89. The molecular weight excluding hydrogens is 204 g/mol. The lowest BCUT2D eigenvalue weighted by Gasteiger charge is -1.92. The van der Waals surface area contributed by atoms with E-state index in [1.54, 1.807) is 6.08 Å². The highest BCUT2D eigenvalue weighted by atomic mass is 35.5. The maximum absolute atomic E-state index is 10.4. The quantitative estimate of drug-likeness (QED) is 0.438. The van der Waals surface area contributed by atoms with E-state index in [0.29, 0.717) is 11.6 Å². The third-order valence-corrected chi connectivity index (χ3v) is 1.76. The first-order valence-corrected chi connectivity index (χ1v) is 4.60. The summed E-state index contributed by atoms with van der Waals surface area (Å²) in [6.45, 7) is 0. The van der Waals surface area contributed by atoms with E-state index in [9.17, 15) is 10.1 Å². The molecule has 0 amide bonds. The van der Waals surface area contributed by atoms with Gasteiger partial charge in [0.2, 0.25) is 0 Å². The van der Waals surface area contributed by atoms with Crippen LogP contribution in [0.25, 0.3) is 6.08 Å². The van der Waals surface area contributed by atoms with Crippen molar-refractivity contribution in [3.8, 4) is 0 Å². The molecule has 0 unspecified atom stereocenters. The highest BCUT2D eigenvalue weighted by Gasteiger charge is 2.04. The van der Waals surface area contributed by atoms with Gasteiger partial charge in [0.15, 0.2) is 0 Å². The van der Waals surface area contributed by atoms with Crippen LogP contribution in [0.15, 0.2) is 24.4 Å². The molecule has 0 aromatic carbocycles. The van der Waals surface area contributed by atoms with Crippen LogP contribution >= 0.6 is 11.6 Å². The predicted molar refractivity (Wildman–Crippen MR) is 55.3 cm³/mol. The number of allylic oxidation sites excluding steroid dienone is 1. The van der Waals surface area contributed by atoms with E-state index in [1.165, 1.54) is 18.3 Å². The van der Waals surface area contributed by atoms with Crippen LogP contribution in [0.4, 0.5) is 5.69 Å². The fourth-order valence-corrected chi connectivity index (χ4v) is 1.03. The van der Waals surface area contributed by atoms with E-state index in [-0.39, 0.29) is 5.69 Å². The molecule has 1 aromatic heterocycles. The van der Waals surface area contributed by atoms with Crippen LogP contribution in [0.3, 0.4) is 0 Å². The summed E-state index contributed by atoms with van der Waals surface area (Å²) in [5.41, 5.74) is 0.620. The molecule has 4 nitrogen and oxygen atoms in total. The van der Waals surface area contributed by atoms with Crippen molar-refractivity contribution >= 4 is 23.4 Å². The predicted octanol–water partition coefficient (Wildman–Crippen LogP) is 2.63. The summed E-state index contributed by atoms with van der Waals surface area (Å²) >= 11 is 5.47. The van der Waals surface area contributed by atoms with E-state index in [0.717, 1.165) is 6.42 Å². The third-order valence-electron chi connectivity index (χ3n) is 1.54. The minimum Gasteiger partial charge on any atom is -0.258 e. The molecule has 1 rings (SSSR count). The molecule has 0 fully saturated rings. The van der Waals surface area contributed by atoms with E-state index in [4.69, 9.17) is 11.6 Å². The Morgan fingerprint density at radius 2 is 2.43 bits per heavy atom. The number of aromatic nitrogens is 1. The SMILES string of the molecule is O=[N+]([O-])c1ccnc(C=CCCCl)c1. The fraction of sp³-hybridized carbons (Fsp3) is 0.222. The smallest absolute Gasteiger partial charge is 0.258 e. The molecule has 1 aromatic rings. The van der Waals surface area contributed by atoms with Crippen molar-refractivity contribution in [3.63, 3.8) is 0 Å². The first kappa shape index (κ1) is 10.7. The summed E-state index contributed by atoms with van der Waals surface area (Å²) in [5, 5.41) is 10.4. The fourth-order valence-electron chi connectivity index (χ4n) is 0.908. The molecule has 0 radical (unpaired) electrons. The van der Waals surface area contributed by atoms with Gasteiger partial charge in [-0.1, -0.05) is 6.08 Å². The van der Waals surface area contributed by atoms with Gasteiger partial charge >= 0.3 is 0 Å². The van der Waals surface area contributed by atoms with Gasteiger partial charge in [-0.2, -0.15) is 0 Å². The highest BCUT2D eigenvalue weighted by Crippen LogP contribution is 2.11. The molecule has 14 heavy (non-hydrogen) atoms. The molecule has 0 saturated heterocycles. The number of alkyl halides is 1. The zero-order chi connectivity index (χ0) is 10.4. The lowest BCUT2D eigenvalue weighted by atomic mass is 10.3. The van der Waals surface area contributed by atoms with E-state index >= 15 is 0 Å². The lowest BCUT2D eigenvalue weighted by molar-refractivity contribution is -0.384. The zero-order valence-electron chi connectivity index (χ0n) is 7.39. The van der Waals surface area contributed by atoms with Crippen LogP contribution in [-0.2, 0) is 0 Å². The number of hydrogen-bond donors (Lipinski definition) is 0. The van der Waals surface area contributed by atoms with Crippen molar-refractivity contribution in [2.24, 2.45) is 0 Å². The number of halogens is 1. The molecule has 1 heterocycles. The number of hydrogen-bond acceptors (Lipinski definition) is 3. The van der Waals surface area contributed by atoms with Gasteiger partial charge in [0.25, 0.3) is 5.69 Å². The summed E-state index contributed by atoms with van der Waals surface area (Å²) in [5.74, 6) is 0.533. The molecule has 0 atom stereocenters. The van der Waals surface area contributed by atoms with E-state index in [2.05, 4.69) is 4.98 Å². The molecule has 0 bridgehead atoms. The Hall–Kier alpha value is -1.42. The monoisotopic (exact) mass is 212 g/mol. The summed E-state index contributed by atoms with van der Waals surface area (Å²) in [4.78, 5) is 13.9. The average molecular weight is 213 g/mol. The summed E-state index contributed by atoms with van der Waals surface area (Å²) in [7, 11) is 0. The van der Waals surface area contributed by atoms with Gasteiger partial charge < -0.3 is 0 Å². The second-order valence-electron chi connectivity index (χ2n) is 2.58. The Labute approximate surface area is 86.4 Å². The number of rotatable bonds is 4. The van der Waals surface area contributed by atoms with Crippen molar-refractivity contribution in [3.05, 3.63) is 40.2 Å². The number of nitro groups is 1. The Morgan fingerprint density at radius 3 is 3.07 bits per heavy atom. The molecular formula is C9H9ClN2O2. The first-order valence-electron chi connectivity index (χ1n) is 4.07. The third kappa shape index (κ3) is 3.14. The second-order valence-corrected chi connectivity index (χ2v) is 2.95. The summed E-state index contributed by atoms with van der Waals surface area (Å²) in [6.07, 6.45) is 5.69. The molecule has 0 aliphatic rings. The topological polar surface area (TPSA) is 56.0 Å². The second kappa shape index (κ2) is 5.34. The maximum Gasteiger partial charge on any atom is 0.273 e. The first-order chi connectivity index (χ1) is 6.74. The van der Waals surface area contributed by atoms with Crippen LogP contribution in [0.5, 0.6) is 0 Å². The van der Waals surface area contributed by atoms with Gasteiger partial charge in [0.1, 0.15) is 0 Å². The minimum atomic E-state index is -0.444. The molecule has 0 saturated carbocycles. The van der Waals surface area contributed by atoms with Crippen LogP contribution in [0.1, 0.15) is 12.1 Å². The largest absolute Gasteiger partial charge is 0.273 e. The van der Waals surface area contributed by atoms with Crippen LogP contribution < -0.4 is 0 Å². The Morgan fingerprint density at radius 1 is 1.64 bits per heavy atom. The van der Waals surface area contributed by atoms with E-state index in [1.807, 2.05) is 6.08 Å². The number of pyridine rings is 1. The zero-order valence-corrected chi connectivity index (χ0v) is 8.15. The standard InChI is InChI=1S/C9H9ClN2O2/c10-5-2-1-3-8-7-9(12(13)14)4-6-11-8/h1,3-4,6-7H,2,5H2. The van der Waals surface area contributed by atoms with Crippen molar-refractivity contribution in [2.75, 3.05) is 5.88 Å². The normalized spacial score (nSPS) is 10.6. The van der Waals surface area contributed by atoms with Gasteiger partial charge in [-0.25, -0.2) is 0 Å². The molecule has 74 valence electrons. The molecule has 0 aliphatic carbocycles. The Kier molecular flexibility index (Phi) is 4.07.